The molecule has 0 aliphatic rings. The Morgan fingerprint density at radius 2 is 1.95 bits per heavy atom. The molecule has 1 aromatic heterocycles. The van der Waals surface area contributed by atoms with E-state index >= 15 is 0 Å². The van der Waals surface area contributed by atoms with Crippen LogP contribution in [0.2, 0.25) is 0 Å². The lowest BCUT2D eigenvalue weighted by Gasteiger charge is -2.08. The Hall–Kier alpha value is -2.63. The van der Waals surface area contributed by atoms with Crippen LogP contribution < -0.4 is 9.47 Å². The second-order valence-corrected chi connectivity index (χ2v) is 4.08. The van der Waals surface area contributed by atoms with Crippen molar-refractivity contribution in [1.29, 1.82) is 0 Å². The maximum Gasteiger partial charge on any atom is 0.397 e. The van der Waals surface area contributed by atoms with Crippen molar-refractivity contribution in [2.75, 3.05) is 13.7 Å². The Morgan fingerprint density at radius 1 is 1.19 bits per heavy atom. The van der Waals surface area contributed by atoms with Crippen LogP contribution in [0.3, 0.4) is 0 Å². The van der Waals surface area contributed by atoms with Crippen molar-refractivity contribution in [2.45, 2.75) is 13.8 Å². The predicted octanol–water partition coefficient (Wildman–Crippen LogP) is 2.90. The zero-order valence-corrected chi connectivity index (χ0v) is 12.2. The summed E-state index contributed by atoms with van der Waals surface area (Å²) < 4.78 is 16.0. The minimum Gasteiger partial charge on any atom is -0.481 e. The van der Waals surface area contributed by atoms with Gasteiger partial charge in [-0.1, -0.05) is 18.2 Å². The lowest BCUT2D eigenvalue weighted by Crippen LogP contribution is -2.13. The van der Waals surface area contributed by atoms with E-state index in [0.717, 1.165) is 5.69 Å². The summed E-state index contributed by atoms with van der Waals surface area (Å²) >= 11 is 0. The van der Waals surface area contributed by atoms with E-state index in [-0.39, 0.29) is 12.0 Å². The number of hydrogen-bond acceptors (Lipinski definition) is 6. The predicted molar refractivity (Wildman–Crippen MR) is 79.1 cm³/mol. The molecule has 0 aliphatic carbocycles. The number of benzene rings is 1. The van der Waals surface area contributed by atoms with Gasteiger partial charge in [-0.2, -0.15) is 4.98 Å². The molecule has 0 radical (unpaired) electrons. The number of aryl methyl sites for hydroxylation is 1. The van der Waals surface area contributed by atoms with Gasteiger partial charge in [0, 0.05) is 11.8 Å². The van der Waals surface area contributed by atoms with Crippen molar-refractivity contribution >= 4 is 12.0 Å². The number of ether oxygens (including phenoxy) is 3. The minimum absolute atomic E-state index is 0.0938. The van der Waals surface area contributed by atoms with Gasteiger partial charge in [-0.15, -0.1) is 4.99 Å². The third-order valence-electron chi connectivity index (χ3n) is 2.44. The SMILES string of the molecule is CCOC(=Nc1nc(C)cc(OC)n1)Oc1ccccc1. The van der Waals surface area contributed by atoms with E-state index in [1.165, 1.54) is 0 Å². The summed E-state index contributed by atoms with van der Waals surface area (Å²) in [6.45, 7) is 4.11. The second-order valence-electron chi connectivity index (χ2n) is 4.08. The van der Waals surface area contributed by atoms with Crippen molar-refractivity contribution in [2.24, 2.45) is 4.99 Å². The minimum atomic E-state index is 0.0938. The lowest BCUT2D eigenvalue weighted by atomic mass is 10.3. The number of aliphatic imine (C=N–C) groups is 1. The van der Waals surface area contributed by atoms with Crippen molar-refractivity contribution in [1.82, 2.24) is 9.97 Å². The molecule has 0 N–H and O–H groups in total. The molecule has 2 rings (SSSR count). The largest absolute Gasteiger partial charge is 0.481 e. The summed E-state index contributed by atoms with van der Waals surface area (Å²) in [6.07, 6.45) is 0.0938. The van der Waals surface area contributed by atoms with Gasteiger partial charge in [-0.05, 0) is 26.0 Å². The van der Waals surface area contributed by atoms with Crippen LogP contribution in [0.5, 0.6) is 11.6 Å². The van der Waals surface area contributed by atoms with Crippen LogP contribution in [0, 0.1) is 6.92 Å². The standard InChI is InChI=1S/C15H17N3O3/c1-4-20-15(21-12-8-6-5-7-9-12)18-14-16-11(2)10-13(17-14)19-3/h5-10H,4H2,1-3H3. The van der Waals surface area contributed by atoms with Crippen LogP contribution in [-0.4, -0.2) is 29.8 Å². The summed E-state index contributed by atoms with van der Waals surface area (Å²) in [4.78, 5) is 12.5. The highest BCUT2D eigenvalue weighted by Crippen LogP contribution is 2.15. The number of rotatable bonds is 4. The Kier molecular flexibility index (Phi) is 5.09. The van der Waals surface area contributed by atoms with E-state index in [9.17, 15) is 0 Å². The molecule has 0 unspecified atom stereocenters. The third-order valence-corrected chi connectivity index (χ3v) is 2.44. The van der Waals surface area contributed by atoms with E-state index in [2.05, 4.69) is 15.0 Å². The molecule has 110 valence electrons. The zero-order chi connectivity index (χ0) is 15.1. The highest BCUT2D eigenvalue weighted by molar-refractivity contribution is 5.72. The highest BCUT2D eigenvalue weighted by atomic mass is 16.7. The maximum atomic E-state index is 5.58. The fourth-order valence-electron chi connectivity index (χ4n) is 1.56. The van der Waals surface area contributed by atoms with Gasteiger partial charge in [0.1, 0.15) is 5.75 Å². The molecule has 0 saturated heterocycles. The first-order valence-electron chi connectivity index (χ1n) is 6.55. The molecule has 0 aliphatic heterocycles. The number of nitrogens with zero attached hydrogens (tertiary/aromatic N) is 3. The van der Waals surface area contributed by atoms with Gasteiger partial charge < -0.3 is 14.2 Å². The zero-order valence-electron chi connectivity index (χ0n) is 12.2. The molecule has 1 aromatic carbocycles. The Bertz CT molecular complexity index is 615. The van der Waals surface area contributed by atoms with Crippen LogP contribution in [0.4, 0.5) is 5.95 Å². The molecular formula is C15H17N3O3. The molecule has 0 amide bonds. The van der Waals surface area contributed by atoms with Crippen LogP contribution in [0.15, 0.2) is 41.4 Å². The molecule has 6 heteroatoms. The highest BCUT2D eigenvalue weighted by Gasteiger charge is 2.07. The van der Waals surface area contributed by atoms with Crippen molar-refractivity contribution in [3.8, 4) is 11.6 Å². The maximum absolute atomic E-state index is 5.58. The first-order chi connectivity index (χ1) is 10.2. The van der Waals surface area contributed by atoms with Crippen LogP contribution in [0.1, 0.15) is 12.6 Å². The fourth-order valence-corrected chi connectivity index (χ4v) is 1.56. The summed E-state index contributed by atoms with van der Waals surface area (Å²) in [5, 5.41) is 0. The average molecular weight is 287 g/mol. The number of hydrogen-bond donors (Lipinski definition) is 0. The molecule has 6 nitrogen and oxygen atoms in total. The van der Waals surface area contributed by atoms with Gasteiger partial charge in [-0.25, -0.2) is 4.98 Å². The van der Waals surface area contributed by atoms with Gasteiger partial charge in [0.05, 0.1) is 13.7 Å². The molecule has 0 fully saturated rings. The lowest BCUT2D eigenvalue weighted by molar-refractivity contribution is 0.250. The topological polar surface area (TPSA) is 65.8 Å². The summed E-state index contributed by atoms with van der Waals surface area (Å²) in [6, 6.07) is 11.0. The summed E-state index contributed by atoms with van der Waals surface area (Å²) in [7, 11) is 1.54. The van der Waals surface area contributed by atoms with Gasteiger partial charge in [-0.3, -0.25) is 0 Å². The van der Waals surface area contributed by atoms with E-state index in [4.69, 9.17) is 14.2 Å². The molecule has 21 heavy (non-hydrogen) atoms. The Balaban J connectivity index is 2.26. The van der Waals surface area contributed by atoms with Crippen LogP contribution in [0.25, 0.3) is 0 Å². The van der Waals surface area contributed by atoms with E-state index < -0.39 is 0 Å². The summed E-state index contributed by atoms with van der Waals surface area (Å²) in [5.41, 5.74) is 0.746. The molecule has 0 atom stereocenters. The van der Waals surface area contributed by atoms with Gasteiger partial charge in [0.15, 0.2) is 0 Å². The van der Waals surface area contributed by atoms with Gasteiger partial charge in [0.25, 0.3) is 5.95 Å². The fraction of sp³-hybridized carbons (Fsp3) is 0.267. The number of aromatic nitrogens is 2. The smallest absolute Gasteiger partial charge is 0.397 e. The molecular weight excluding hydrogens is 270 g/mol. The monoisotopic (exact) mass is 287 g/mol. The number of methoxy groups -OCH3 is 1. The summed E-state index contributed by atoms with van der Waals surface area (Å²) in [5.74, 6) is 1.30. The first kappa shape index (κ1) is 14.8. The van der Waals surface area contributed by atoms with Gasteiger partial charge in [0.2, 0.25) is 5.88 Å². The van der Waals surface area contributed by atoms with E-state index in [0.29, 0.717) is 18.2 Å². The Labute approximate surface area is 123 Å². The third kappa shape index (κ3) is 4.45. The van der Waals surface area contributed by atoms with Crippen LogP contribution in [-0.2, 0) is 4.74 Å². The second kappa shape index (κ2) is 7.23. The van der Waals surface area contributed by atoms with Crippen molar-refractivity contribution < 1.29 is 14.2 Å². The quantitative estimate of drug-likeness (QED) is 0.639. The van der Waals surface area contributed by atoms with Crippen molar-refractivity contribution in [3.05, 3.63) is 42.1 Å². The first-order valence-corrected chi connectivity index (χ1v) is 6.55. The van der Waals surface area contributed by atoms with E-state index in [1.54, 1.807) is 13.2 Å². The molecule has 1 heterocycles. The Morgan fingerprint density at radius 3 is 2.62 bits per heavy atom. The molecule has 2 aromatic rings. The normalized spacial score (nSPS) is 11.1. The van der Waals surface area contributed by atoms with Gasteiger partial charge >= 0.3 is 6.08 Å². The molecule has 0 bridgehead atoms. The van der Waals surface area contributed by atoms with Crippen LogP contribution >= 0.6 is 0 Å². The van der Waals surface area contributed by atoms with E-state index in [1.807, 2.05) is 44.2 Å². The number of para-hydroxylation sites is 1. The molecule has 0 saturated carbocycles. The molecule has 0 spiro atoms. The van der Waals surface area contributed by atoms with Crippen molar-refractivity contribution in [3.63, 3.8) is 0 Å². The average Bonchev–Trinajstić information content (AvgIpc) is 2.48.